The minimum Gasteiger partial charge on any atom is -0.506 e. The number of carbonyl (C=O) groups excluding carboxylic acids is 1. The lowest BCUT2D eigenvalue weighted by Gasteiger charge is -2.21. The molecular formula is C21H18F3N3O2. The zero-order chi connectivity index (χ0) is 21.0. The predicted octanol–water partition coefficient (Wildman–Crippen LogP) is 4.43. The Morgan fingerprint density at radius 1 is 1.14 bits per heavy atom. The Balaban J connectivity index is 1.90. The van der Waals surface area contributed by atoms with E-state index < -0.39 is 23.4 Å². The molecule has 2 aliphatic heterocycles. The molecule has 1 aromatic rings. The molecular weight excluding hydrogens is 383 g/mol. The maximum absolute atomic E-state index is 13.4. The molecule has 3 rings (SSSR count). The number of allylic oxidation sites excluding steroid dienone is 7. The van der Waals surface area contributed by atoms with Gasteiger partial charge in [-0.05, 0) is 43.4 Å². The van der Waals surface area contributed by atoms with E-state index in [0.717, 1.165) is 18.3 Å². The van der Waals surface area contributed by atoms with Gasteiger partial charge in [-0.2, -0.15) is 23.3 Å². The maximum Gasteiger partial charge on any atom is 0.435 e. The summed E-state index contributed by atoms with van der Waals surface area (Å²) < 4.78 is 40.2. The zero-order valence-corrected chi connectivity index (χ0v) is 15.5. The molecule has 0 saturated carbocycles. The first kappa shape index (κ1) is 20.2. The summed E-state index contributed by atoms with van der Waals surface area (Å²) in [6, 6.07) is 5.57. The van der Waals surface area contributed by atoms with Crippen molar-refractivity contribution in [2.75, 3.05) is 11.6 Å². The smallest absolute Gasteiger partial charge is 0.435 e. The molecule has 29 heavy (non-hydrogen) atoms. The molecule has 0 aromatic heterocycles. The molecule has 0 spiro atoms. The number of phenolic OH excluding ortho intramolecular Hbond substituents is 1. The van der Waals surface area contributed by atoms with Crippen LogP contribution in [0.4, 0.5) is 18.9 Å². The summed E-state index contributed by atoms with van der Waals surface area (Å²) in [7, 11) is 0. The van der Waals surface area contributed by atoms with E-state index in [9.17, 15) is 23.1 Å². The molecule has 2 aliphatic rings. The van der Waals surface area contributed by atoms with E-state index in [1.807, 2.05) is 36.3 Å². The third-order valence-electron chi connectivity index (χ3n) is 4.21. The Bertz CT molecular complexity index is 985. The van der Waals surface area contributed by atoms with Gasteiger partial charge in [0.05, 0.1) is 5.57 Å². The molecule has 1 amide bonds. The lowest BCUT2D eigenvalue weighted by molar-refractivity contribution is -0.114. The van der Waals surface area contributed by atoms with Crippen molar-refractivity contribution in [2.45, 2.75) is 13.1 Å². The summed E-state index contributed by atoms with van der Waals surface area (Å²) in [5.41, 5.74) is -1.16. The number of para-hydroxylation sites is 2. The lowest BCUT2D eigenvalue weighted by Crippen LogP contribution is -2.25. The van der Waals surface area contributed by atoms with Crippen molar-refractivity contribution < 1.29 is 23.1 Å². The van der Waals surface area contributed by atoms with Crippen LogP contribution in [0.2, 0.25) is 0 Å². The third-order valence-corrected chi connectivity index (χ3v) is 4.21. The Morgan fingerprint density at radius 3 is 2.55 bits per heavy atom. The average Bonchev–Trinajstić information content (AvgIpc) is 3.02. The van der Waals surface area contributed by atoms with Crippen LogP contribution in [0.5, 0.6) is 5.75 Å². The number of nitrogens with zero attached hydrogens (tertiary/aromatic N) is 3. The van der Waals surface area contributed by atoms with Crippen LogP contribution in [0.1, 0.15) is 6.92 Å². The van der Waals surface area contributed by atoms with Gasteiger partial charge in [0.15, 0.2) is 5.71 Å². The number of hydrogen-bond donors (Lipinski definition) is 1. The Labute approximate surface area is 165 Å². The van der Waals surface area contributed by atoms with Gasteiger partial charge in [-0.3, -0.25) is 4.79 Å². The molecule has 1 aromatic carbocycles. The highest BCUT2D eigenvalue weighted by molar-refractivity contribution is 6.32. The zero-order valence-electron chi connectivity index (χ0n) is 15.5. The van der Waals surface area contributed by atoms with E-state index in [1.165, 1.54) is 30.3 Å². The third kappa shape index (κ3) is 4.31. The number of hydrazone groups is 1. The van der Waals surface area contributed by atoms with Gasteiger partial charge in [0.25, 0.3) is 5.91 Å². The van der Waals surface area contributed by atoms with Crippen molar-refractivity contribution in [3.8, 4) is 5.75 Å². The quantitative estimate of drug-likeness (QED) is 0.760. The molecule has 0 unspecified atom stereocenters. The van der Waals surface area contributed by atoms with Crippen LogP contribution in [0.3, 0.4) is 0 Å². The number of aromatic hydroxyl groups is 1. The molecule has 5 nitrogen and oxygen atoms in total. The molecule has 0 saturated heterocycles. The largest absolute Gasteiger partial charge is 0.506 e. The van der Waals surface area contributed by atoms with E-state index in [4.69, 9.17) is 0 Å². The summed E-state index contributed by atoms with van der Waals surface area (Å²) in [6.45, 7) is 2.71. The standard InChI is InChI=1S/C21H18F3N3O2/c1-2-26-14-8-7-10-15(26)9-3-4-11-16-19(21(22,23)24)25-27(20(16)29)17-12-5-6-13-18(17)28/h3-14,28H,2H2,1H3/b4-3+,15-9+,16-11+. The molecule has 0 aliphatic carbocycles. The van der Waals surface area contributed by atoms with Gasteiger partial charge in [0.1, 0.15) is 11.4 Å². The van der Waals surface area contributed by atoms with E-state index in [0.29, 0.717) is 5.01 Å². The summed E-state index contributed by atoms with van der Waals surface area (Å²) in [4.78, 5) is 14.5. The fraction of sp³-hybridized carbons (Fsp3) is 0.143. The number of halogens is 3. The number of benzene rings is 1. The molecule has 2 heterocycles. The first-order valence-corrected chi connectivity index (χ1v) is 8.81. The summed E-state index contributed by atoms with van der Waals surface area (Å²) >= 11 is 0. The highest BCUT2D eigenvalue weighted by Crippen LogP contribution is 2.35. The van der Waals surface area contributed by atoms with Crippen molar-refractivity contribution in [3.05, 3.63) is 84.3 Å². The van der Waals surface area contributed by atoms with Crippen molar-refractivity contribution >= 4 is 17.3 Å². The molecule has 1 N–H and O–H groups in total. The second kappa shape index (κ2) is 8.22. The number of rotatable bonds is 4. The van der Waals surface area contributed by atoms with Crippen molar-refractivity contribution in [2.24, 2.45) is 5.10 Å². The van der Waals surface area contributed by atoms with Crippen LogP contribution < -0.4 is 5.01 Å². The number of anilines is 1. The van der Waals surface area contributed by atoms with Crippen LogP contribution in [-0.2, 0) is 4.79 Å². The Hall–Kier alpha value is -3.55. The summed E-state index contributed by atoms with van der Waals surface area (Å²) in [6.07, 6.45) is 8.38. The van der Waals surface area contributed by atoms with Crippen LogP contribution >= 0.6 is 0 Å². The van der Waals surface area contributed by atoms with Crippen LogP contribution in [0, 0.1) is 0 Å². The molecule has 150 valence electrons. The maximum atomic E-state index is 13.4. The van der Waals surface area contributed by atoms with Gasteiger partial charge >= 0.3 is 6.18 Å². The predicted molar refractivity (Wildman–Crippen MR) is 105 cm³/mol. The minimum absolute atomic E-state index is 0.119. The molecule has 0 atom stereocenters. The monoisotopic (exact) mass is 401 g/mol. The van der Waals surface area contributed by atoms with E-state index in [-0.39, 0.29) is 11.4 Å². The van der Waals surface area contributed by atoms with Crippen LogP contribution in [0.15, 0.2) is 89.4 Å². The topological polar surface area (TPSA) is 56.1 Å². The number of phenols is 1. The number of amides is 1. The fourth-order valence-electron chi connectivity index (χ4n) is 2.82. The Kier molecular flexibility index (Phi) is 5.72. The van der Waals surface area contributed by atoms with Gasteiger partial charge in [-0.1, -0.05) is 30.4 Å². The highest BCUT2D eigenvalue weighted by Gasteiger charge is 2.46. The van der Waals surface area contributed by atoms with E-state index in [2.05, 4.69) is 5.10 Å². The van der Waals surface area contributed by atoms with Gasteiger partial charge in [0, 0.05) is 18.4 Å². The second-order valence-electron chi connectivity index (χ2n) is 6.10. The van der Waals surface area contributed by atoms with Crippen LogP contribution in [0.25, 0.3) is 0 Å². The molecule has 0 fully saturated rings. The first-order chi connectivity index (χ1) is 13.8. The molecule has 0 bridgehead atoms. The summed E-state index contributed by atoms with van der Waals surface area (Å²) in [5, 5.41) is 13.8. The van der Waals surface area contributed by atoms with E-state index >= 15 is 0 Å². The normalized spacial score (nSPS) is 19.9. The van der Waals surface area contributed by atoms with Gasteiger partial charge in [-0.25, -0.2) is 0 Å². The van der Waals surface area contributed by atoms with Crippen LogP contribution in [-0.4, -0.2) is 34.3 Å². The molecule has 0 radical (unpaired) electrons. The van der Waals surface area contributed by atoms with Crippen molar-refractivity contribution in [1.29, 1.82) is 0 Å². The first-order valence-electron chi connectivity index (χ1n) is 8.81. The summed E-state index contributed by atoms with van der Waals surface area (Å²) in [5.74, 6) is -1.31. The highest BCUT2D eigenvalue weighted by atomic mass is 19.4. The number of likely N-dealkylation sites (N-methyl/N-ethyl adjacent to an activating group) is 1. The number of alkyl halides is 3. The average molecular weight is 401 g/mol. The Morgan fingerprint density at radius 2 is 1.86 bits per heavy atom. The molecule has 8 heteroatoms. The number of hydrogen-bond acceptors (Lipinski definition) is 4. The van der Waals surface area contributed by atoms with Crippen molar-refractivity contribution in [3.63, 3.8) is 0 Å². The lowest BCUT2D eigenvalue weighted by atomic mass is 10.1. The number of carbonyl (C=O) groups is 1. The fourth-order valence-corrected chi connectivity index (χ4v) is 2.82. The van der Waals surface area contributed by atoms with Gasteiger partial charge in [0.2, 0.25) is 0 Å². The van der Waals surface area contributed by atoms with E-state index in [1.54, 1.807) is 12.2 Å². The minimum atomic E-state index is -4.82. The second-order valence-corrected chi connectivity index (χ2v) is 6.10. The van der Waals surface area contributed by atoms with Gasteiger partial charge < -0.3 is 10.0 Å². The SMILES string of the molecule is CCN1C=CC=C\C1=C/C=C/C=C1/C(=O)N(c2ccccc2O)N=C1C(F)(F)F. The van der Waals surface area contributed by atoms with Crippen molar-refractivity contribution in [1.82, 2.24) is 4.90 Å². The van der Waals surface area contributed by atoms with Gasteiger partial charge in [-0.15, -0.1) is 0 Å².